The number of rotatable bonds is 12. The lowest BCUT2D eigenvalue weighted by Gasteiger charge is -2.00. The number of hydrogen-bond donors (Lipinski definition) is 1. The van der Waals surface area contributed by atoms with Gasteiger partial charge in [0, 0.05) is 19.9 Å². The molecule has 1 N–H and O–H groups in total. The summed E-state index contributed by atoms with van der Waals surface area (Å²) in [6, 6.07) is 0. The van der Waals surface area contributed by atoms with E-state index in [1.54, 1.807) is 11.7 Å². The summed E-state index contributed by atoms with van der Waals surface area (Å²) >= 11 is 1.10. The standard InChI is InChI=1S/C17H30N4O2S/c1-4-6-8-10-12-14(22)18-16-19-17(21(3)20-16)24-15(23)13-11-9-7-5-2/h4-13H2,1-3H3,(H,18,20,22). The van der Waals surface area contributed by atoms with E-state index in [-0.39, 0.29) is 17.0 Å². The summed E-state index contributed by atoms with van der Waals surface area (Å²) in [7, 11) is 1.73. The van der Waals surface area contributed by atoms with Gasteiger partial charge in [-0.15, -0.1) is 5.10 Å². The van der Waals surface area contributed by atoms with E-state index in [0.717, 1.165) is 63.1 Å². The minimum Gasteiger partial charge on any atom is -0.293 e. The molecule has 1 amide bonds. The van der Waals surface area contributed by atoms with Crippen molar-refractivity contribution >= 4 is 28.7 Å². The van der Waals surface area contributed by atoms with Crippen LogP contribution in [0.2, 0.25) is 0 Å². The van der Waals surface area contributed by atoms with Gasteiger partial charge in [0.05, 0.1) is 0 Å². The minimum absolute atomic E-state index is 0.0702. The summed E-state index contributed by atoms with van der Waals surface area (Å²) in [5, 5.41) is 7.49. The van der Waals surface area contributed by atoms with Crippen LogP contribution in [0.4, 0.5) is 5.95 Å². The number of nitrogens with one attached hydrogen (secondary N) is 1. The second kappa shape index (κ2) is 12.1. The van der Waals surface area contributed by atoms with Gasteiger partial charge in [0.2, 0.25) is 11.9 Å². The minimum atomic E-state index is -0.0702. The van der Waals surface area contributed by atoms with Crippen LogP contribution in [0.1, 0.15) is 78.1 Å². The second-order valence-electron chi connectivity index (χ2n) is 5.99. The van der Waals surface area contributed by atoms with Crippen LogP contribution in [-0.2, 0) is 16.6 Å². The molecule has 7 heteroatoms. The van der Waals surface area contributed by atoms with Crippen LogP contribution in [0.3, 0.4) is 0 Å². The van der Waals surface area contributed by atoms with E-state index in [1.165, 1.54) is 0 Å². The molecule has 0 fully saturated rings. The first-order valence-corrected chi connectivity index (χ1v) is 9.80. The topological polar surface area (TPSA) is 76.9 Å². The van der Waals surface area contributed by atoms with Crippen molar-refractivity contribution < 1.29 is 9.59 Å². The Kier molecular flexibility index (Phi) is 10.4. The van der Waals surface area contributed by atoms with Gasteiger partial charge in [-0.2, -0.15) is 4.98 Å². The third-order valence-corrected chi connectivity index (χ3v) is 4.64. The Morgan fingerprint density at radius 3 is 2.25 bits per heavy atom. The van der Waals surface area contributed by atoms with Crippen molar-refractivity contribution in [3.05, 3.63) is 0 Å². The summed E-state index contributed by atoms with van der Waals surface area (Å²) in [5.41, 5.74) is 0. The molecule has 0 aromatic carbocycles. The van der Waals surface area contributed by atoms with Gasteiger partial charge in [-0.1, -0.05) is 52.4 Å². The van der Waals surface area contributed by atoms with Gasteiger partial charge in [-0.3, -0.25) is 14.9 Å². The first-order chi connectivity index (χ1) is 11.6. The van der Waals surface area contributed by atoms with E-state index in [0.29, 0.717) is 18.0 Å². The number of nitrogens with zero attached hydrogens (tertiary/aromatic N) is 3. The van der Waals surface area contributed by atoms with Gasteiger partial charge in [0.1, 0.15) is 0 Å². The lowest BCUT2D eigenvalue weighted by Crippen LogP contribution is -2.12. The number of hydrogen-bond acceptors (Lipinski definition) is 5. The molecule has 0 saturated carbocycles. The molecule has 0 saturated heterocycles. The van der Waals surface area contributed by atoms with E-state index >= 15 is 0 Å². The Morgan fingerprint density at radius 1 is 1.00 bits per heavy atom. The quantitative estimate of drug-likeness (QED) is 0.447. The normalized spacial score (nSPS) is 10.8. The molecular weight excluding hydrogens is 324 g/mol. The monoisotopic (exact) mass is 354 g/mol. The molecule has 136 valence electrons. The molecular formula is C17H30N4O2S. The highest BCUT2D eigenvalue weighted by atomic mass is 32.2. The van der Waals surface area contributed by atoms with Gasteiger partial charge in [0.25, 0.3) is 0 Å². The maximum Gasteiger partial charge on any atom is 0.249 e. The third kappa shape index (κ3) is 8.47. The largest absolute Gasteiger partial charge is 0.293 e. The molecule has 0 aliphatic rings. The fraction of sp³-hybridized carbons (Fsp3) is 0.765. The zero-order valence-corrected chi connectivity index (χ0v) is 16.0. The Balaban J connectivity index is 2.38. The molecule has 0 bridgehead atoms. The first-order valence-electron chi connectivity index (χ1n) is 8.98. The van der Waals surface area contributed by atoms with E-state index in [2.05, 4.69) is 29.2 Å². The number of aromatic nitrogens is 3. The summed E-state index contributed by atoms with van der Waals surface area (Å²) in [6.07, 6.45) is 9.60. The van der Waals surface area contributed by atoms with Crippen molar-refractivity contribution in [1.29, 1.82) is 0 Å². The first kappa shape index (κ1) is 20.7. The fourth-order valence-corrected chi connectivity index (χ4v) is 3.02. The van der Waals surface area contributed by atoms with Crippen molar-refractivity contribution in [2.45, 2.75) is 83.2 Å². The zero-order valence-electron chi connectivity index (χ0n) is 15.1. The summed E-state index contributed by atoms with van der Waals surface area (Å²) in [6.45, 7) is 4.29. The lowest BCUT2D eigenvalue weighted by molar-refractivity contribution is -0.116. The number of unbranched alkanes of at least 4 members (excludes halogenated alkanes) is 6. The smallest absolute Gasteiger partial charge is 0.249 e. The van der Waals surface area contributed by atoms with Crippen LogP contribution < -0.4 is 5.32 Å². The lowest BCUT2D eigenvalue weighted by atomic mass is 10.1. The van der Waals surface area contributed by atoms with Crippen molar-refractivity contribution in [2.75, 3.05) is 5.32 Å². The SMILES string of the molecule is CCCCCCC(=O)Nc1nc(SC(=O)CCCCCC)n(C)n1. The maximum absolute atomic E-state index is 12.0. The van der Waals surface area contributed by atoms with Gasteiger partial charge in [0.15, 0.2) is 10.3 Å². The molecule has 0 radical (unpaired) electrons. The number of carbonyl (C=O) groups excluding carboxylic acids is 2. The van der Waals surface area contributed by atoms with Gasteiger partial charge in [-0.25, -0.2) is 4.68 Å². The molecule has 0 atom stereocenters. The summed E-state index contributed by atoms with van der Waals surface area (Å²) < 4.78 is 1.54. The van der Waals surface area contributed by atoms with Gasteiger partial charge < -0.3 is 0 Å². The van der Waals surface area contributed by atoms with E-state index in [4.69, 9.17) is 0 Å². The molecule has 6 nitrogen and oxygen atoms in total. The molecule has 0 aliphatic carbocycles. The van der Waals surface area contributed by atoms with Crippen molar-refractivity contribution in [1.82, 2.24) is 14.8 Å². The van der Waals surface area contributed by atoms with Crippen LogP contribution in [0.15, 0.2) is 5.16 Å². The van der Waals surface area contributed by atoms with Crippen molar-refractivity contribution in [2.24, 2.45) is 7.05 Å². The van der Waals surface area contributed by atoms with Crippen molar-refractivity contribution in [3.8, 4) is 0 Å². The maximum atomic E-state index is 12.0. The van der Waals surface area contributed by atoms with Crippen LogP contribution in [0, 0.1) is 0 Å². The second-order valence-corrected chi connectivity index (χ2v) is 7.01. The van der Waals surface area contributed by atoms with Crippen LogP contribution in [0.5, 0.6) is 0 Å². The number of carbonyl (C=O) groups is 2. The third-order valence-electron chi connectivity index (χ3n) is 3.67. The molecule has 0 unspecified atom stereocenters. The number of amides is 1. The Hall–Kier alpha value is -1.37. The highest BCUT2D eigenvalue weighted by Crippen LogP contribution is 2.20. The summed E-state index contributed by atoms with van der Waals surface area (Å²) in [4.78, 5) is 28.0. The molecule has 1 rings (SSSR count). The molecule has 1 heterocycles. The molecule has 1 aromatic rings. The molecule has 24 heavy (non-hydrogen) atoms. The summed E-state index contributed by atoms with van der Waals surface area (Å²) in [5.74, 6) is 0.207. The number of aryl methyl sites for hydroxylation is 1. The Bertz CT molecular complexity index is 517. The van der Waals surface area contributed by atoms with Gasteiger partial charge in [-0.05, 0) is 24.6 Å². The predicted molar refractivity (Wildman–Crippen MR) is 98.0 cm³/mol. The average Bonchev–Trinajstić information content (AvgIpc) is 2.87. The fourth-order valence-electron chi connectivity index (χ4n) is 2.26. The predicted octanol–water partition coefficient (Wildman–Crippen LogP) is 4.31. The Morgan fingerprint density at radius 2 is 1.62 bits per heavy atom. The van der Waals surface area contributed by atoms with Crippen LogP contribution in [0.25, 0.3) is 0 Å². The molecule has 0 spiro atoms. The van der Waals surface area contributed by atoms with E-state index < -0.39 is 0 Å². The van der Waals surface area contributed by atoms with Crippen LogP contribution in [-0.4, -0.2) is 25.8 Å². The van der Waals surface area contributed by atoms with Crippen LogP contribution >= 0.6 is 11.8 Å². The van der Waals surface area contributed by atoms with Crippen molar-refractivity contribution in [3.63, 3.8) is 0 Å². The molecule has 0 aliphatic heterocycles. The van der Waals surface area contributed by atoms with E-state index in [9.17, 15) is 9.59 Å². The molecule has 1 aromatic heterocycles. The average molecular weight is 355 g/mol. The highest BCUT2D eigenvalue weighted by Gasteiger charge is 2.14. The van der Waals surface area contributed by atoms with E-state index in [1.807, 2.05) is 0 Å². The highest BCUT2D eigenvalue weighted by molar-refractivity contribution is 8.13. The zero-order chi connectivity index (χ0) is 17.8. The number of anilines is 1. The number of thioether (sulfide) groups is 1. The Labute approximate surface area is 149 Å². The van der Waals surface area contributed by atoms with Gasteiger partial charge >= 0.3 is 0 Å².